The van der Waals surface area contributed by atoms with Gasteiger partial charge in [-0.2, -0.15) is 0 Å². The second-order valence-corrected chi connectivity index (χ2v) is 8.63. The molecule has 0 aliphatic heterocycles. The Balaban J connectivity index is 2.36. The molecule has 0 fully saturated rings. The first kappa shape index (κ1) is 26.0. The lowest BCUT2D eigenvalue weighted by Crippen LogP contribution is -2.32. The van der Waals surface area contributed by atoms with Gasteiger partial charge in [-0.3, -0.25) is 0 Å². The molecule has 168 valence electrons. The maximum absolute atomic E-state index is 11.2. The SMILES string of the molecule is CCCCCC(O)(CCCCC)CCCN(CC)CCCc1ccc(OC)cc1. The fourth-order valence-corrected chi connectivity index (χ4v) is 4.14. The minimum Gasteiger partial charge on any atom is -0.497 e. The topological polar surface area (TPSA) is 32.7 Å². The van der Waals surface area contributed by atoms with E-state index in [-0.39, 0.29) is 0 Å². The number of rotatable bonds is 18. The summed E-state index contributed by atoms with van der Waals surface area (Å²) in [7, 11) is 1.71. The molecule has 0 heterocycles. The molecule has 0 amide bonds. The van der Waals surface area contributed by atoms with Gasteiger partial charge in [0.2, 0.25) is 0 Å². The van der Waals surface area contributed by atoms with Crippen molar-refractivity contribution < 1.29 is 9.84 Å². The van der Waals surface area contributed by atoms with Gasteiger partial charge in [0.05, 0.1) is 12.7 Å². The van der Waals surface area contributed by atoms with Gasteiger partial charge in [0, 0.05) is 0 Å². The third-order valence-electron chi connectivity index (χ3n) is 6.15. The van der Waals surface area contributed by atoms with E-state index in [4.69, 9.17) is 4.74 Å². The van der Waals surface area contributed by atoms with Gasteiger partial charge in [-0.25, -0.2) is 0 Å². The molecule has 0 atom stereocenters. The van der Waals surface area contributed by atoms with Gasteiger partial charge < -0.3 is 14.7 Å². The van der Waals surface area contributed by atoms with Gasteiger partial charge in [0.25, 0.3) is 0 Å². The van der Waals surface area contributed by atoms with Crippen molar-refractivity contribution in [2.45, 2.75) is 103 Å². The predicted octanol–water partition coefficient (Wildman–Crippen LogP) is 6.62. The van der Waals surface area contributed by atoms with E-state index in [1.54, 1.807) is 7.11 Å². The molecular weight excluding hydrogens is 358 g/mol. The van der Waals surface area contributed by atoms with Crippen LogP contribution in [0.5, 0.6) is 5.75 Å². The van der Waals surface area contributed by atoms with Gasteiger partial charge in [-0.1, -0.05) is 71.4 Å². The molecule has 0 unspecified atom stereocenters. The summed E-state index contributed by atoms with van der Waals surface area (Å²) in [6.07, 6.45) is 13.6. The van der Waals surface area contributed by atoms with Gasteiger partial charge in [-0.05, 0) is 75.9 Å². The van der Waals surface area contributed by atoms with Crippen LogP contribution in [0.3, 0.4) is 0 Å². The average molecular weight is 406 g/mol. The Morgan fingerprint density at radius 2 is 1.34 bits per heavy atom. The van der Waals surface area contributed by atoms with E-state index in [0.717, 1.165) is 57.5 Å². The Morgan fingerprint density at radius 1 is 0.793 bits per heavy atom. The molecule has 0 aliphatic carbocycles. The highest BCUT2D eigenvalue weighted by atomic mass is 16.5. The van der Waals surface area contributed by atoms with Crippen molar-refractivity contribution in [3.8, 4) is 5.75 Å². The summed E-state index contributed by atoms with van der Waals surface area (Å²) in [4.78, 5) is 2.54. The number of benzene rings is 1. The first-order chi connectivity index (χ1) is 14.1. The van der Waals surface area contributed by atoms with Gasteiger partial charge in [0.1, 0.15) is 5.75 Å². The Bertz CT molecular complexity index is 490. The second kappa shape index (κ2) is 15.7. The number of ether oxygens (including phenoxy) is 1. The number of unbranched alkanes of at least 4 members (excludes halogenated alkanes) is 4. The summed E-state index contributed by atoms with van der Waals surface area (Å²) in [5, 5.41) is 11.2. The van der Waals surface area contributed by atoms with Crippen molar-refractivity contribution in [3.05, 3.63) is 29.8 Å². The number of methoxy groups -OCH3 is 1. The summed E-state index contributed by atoms with van der Waals surface area (Å²) in [6, 6.07) is 8.43. The zero-order valence-corrected chi connectivity index (χ0v) is 19.7. The highest BCUT2D eigenvalue weighted by Crippen LogP contribution is 2.27. The monoisotopic (exact) mass is 405 g/mol. The van der Waals surface area contributed by atoms with Crippen molar-refractivity contribution in [2.75, 3.05) is 26.7 Å². The molecular formula is C26H47NO2. The fourth-order valence-electron chi connectivity index (χ4n) is 4.14. The first-order valence-electron chi connectivity index (χ1n) is 12.1. The molecule has 0 aromatic heterocycles. The Hall–Kier alpha value is -1.06. The predicted molar refractivity (Wildman–Crippen MR) is 126 cm³/mol. The molecule has 0 saturated heterocycles. The van der Waals surface area contributed by atoms with Crippen LogP contribution < -0.4 is 4.74 Å². The molecule has 1 aromatic carbocycles. The van der Waals surface area contributed by atoms with Gasteiger partial charge >= 0.3 is 0 Å². The van der Waals surface area contributed by atoms with Crippen molar-refractivity contribution in [1.82, 2.24) is 4.90 Å². The zero-order valence-electron chi connectivity index (χ0n) is 19.7. The summed E-state index contributed by atoms with van der Waals surface area (Å²) in [6.45, 7) is 10.0. The van der Waals surface area contributed by atoms with Crippen LogP contribution in [0, 0.1) is 0 Å². The molecule has 1 rings (SSSR count). The van der Waals surface area contributed by atoms with Crippen molar-refractivity contribution in [2.24, 2.45) is 0 Å². The Labute approximate surface area is 180 Å². The Kier molecular flexibility index (Phi) is 14.1. The van der Waals surface area contributed by atoms with Crippen molar-refractivity contribution in [3.63, 3.8) is 0 Å². The van der Waals surface area contributed by atoms with E-state index < -0.39 is 5.60 Å². The number of aryl methyl sites for hydroxylation is 1. The van der Waals surface area contributed by atoms with Gasteiger partial charge in [-0.15, -0.1) is 0 Å². The van der Waals surface area contributed by atoms with Crippen LogP contribution >= 0.6 is 0 Å². The summed E-state index contributed by atoms with van der Waals surface area (Å²) in [5.41, 5.74) is 0.940. The standard InChI is InChI=1S/C26H47NO2/c1-5-8-10-19-26(28,20-11-9-6-2)21-13-23-27(7-3)22-12-14-24-15-17-25(29-4)18-16-24/h15-18,28H,5-14,19-23H2,1-4H3. The lowest BCUT2D eigenvalue weighted by Gasteiger charge is -2.30. The molecule has 0 saturated carbocycles. The third kappa shape index (κ3) is 11.6. The fraction of sp³-hybridized carbons (Fsp3) is 0.769. The molecule has 29 heavy (non-hydrogen) atoms. The molecule has 1 aromatic rings. The molecule has 0 aliphatic rings. The van der Waals surface area contributed by atoms with E-state index in [9.17, 15) is 5.11 Å². The normalized spacial score (nSPS) is 11.9. The summed E-state index contributed by atoms with van der Waals surface area (Å²) < 4.78 is 5.23. The van der Waals surface area contributed by atoms with E-state index in [2.05, 4.69) is 37.8 Å². The molecule has 3 heteroatoms. The highest BCUT2D eigenvalue weighted by molar-refractivity contribution is 5.27. The maximum Gasteiger partial charge on any atom is 0.118 e. The van der Waals surface area contributed by atoms with Crippen LogP contribution in [0.15, 0.2) is 24.3 Å². The molecule has 1 N–H and O–H groups in total. The van der Waals surface area contributed by atoms with Crippen LogP contribution in [0.2, 0.25) is 0 Å². The minimum atomic E-state index is -0.438. The average Bonchev–Trinajstić information content (AvgIpc) is 2.73. The summed E-state index contributed by atoms with van der Waals surface area (Å²) >= 11 is 0. The Morgan fingerprint density at radius 3 is 1.86 bits per heavy atom. The van der Waals surface area contributed by atoms with Gasteiger partial charge in [0.15, 0.2) is 0 Å². The molecule has 0 spiro atoms. The van der Waals surface area contributed by atoms with E-state index in [1.807, 2.05) is 12.1 Å². The maximum atomic E-state index is 11.2. The van der Waals surface area contributed by atoms with Crippen LogP contribution in [0.25, 0.3) is 0 Å². The van der Waals surface area contributed by atoms with E-state index in [0.29, 0.717) is 0 Å². The van der Waals surface area contributed by atoms with Crippen molar-refractivity contribution >= 4 is 0 Å². The number of nitrogens with zero attached hydrogens (tertiary/aromatic N) is 1. The van der Waals surface area contributed by atoms with E-state index >= 15 is 0 Å². The molecule has 3 nitrogen and oxygen atoms in total. The lowest BCUT2D eigenvalue weighted by molar-refractivity contribution is 0.00568. The third-order valence-corrected chi connectivity index (χ3v) is 6.15. The van der Waals surface area contributed by atoms with E-state index in [1.165, 1.54) is 50.5 Å². The molecule has 0 bridgehead atoms. The summed E-state index contributed by atoms with van der Waals surface area (Å²) in [5.74, 6) is 0.925. The lowest BCUT2D eigenvalue weighted by atomic mass is 9.86. The first-order valence-corrected chi connectivity index (χ1v) is 12.1. The smallest absolute Gasteiger partial charge is 0.118 e. The minimum absolute atomic E-state index is 0.438. The zero-order chi connectivity index (χ0) is 21.4. The van der Waals surface area contributed by atoms with Crippen LogP contribution in [-0.2, 0) is 6.42 Å². The van der Waals surface area contributed by atoms with Crippen LogP contribution in [-0.4, -0.2) is 42.4 Å². The highest BCUT2D eigenvalue weighted by Gasteiger charge is 2.25. The quantitative estimate of drug-likeness (QED) is 0.278. The largest absolute Gasteiger partial charge is 0.497 e. The number of aliphatic hydroxyl groups is 1. The molecule has 0 radical (unpaired) electrons. The van der Waals surface area contributed by atoms with Crippen LogP contribution in [0.1, 0.15) is 97.0 Å². The van der Waals surface area contributed by atoms with Crippen molar-refractivity contribution in [1.29, 1.82) is 0 Å². The number of hydrogen-bond donors (Lipinski definition) is 1. The van der Waals surface area contributed by atoms with Crippen LogP contribution in [0.4, 0.5) is 0 Å². The number of hydrogen-bond acceptors (Lipinski definition) is 3. The second-order valence-electron chi connectivity index (χ2n) is 8.63.